The van der Waals surface area contributed by atoms with Crippen LogP contribution in [0.5, 0.6) is 0 Å². The first-order chi connectivity index (χ1) is 23.2. The van der Waals surface area contributed by atoms with E-state index in [4.69, 9.17) is 33.0 Å². The number of aromatic carboxylic acids is 1. The van der Waals surface area contributed by atoms with Crippen LogP contribution in [0, 0.1) is 0 Å². The zero-order valence-corrected chi connectivity index (χ0v) is 30.2. The molecule has 9 nitrogen and oxygen atoms in total. The number of ether oxygens (including phenoxy) is 1. The van der Waals surface area contributed by atoms with Gasteiger partial charge in [0.05, 0.1) is 16.7 Å². The molecule has 0 spiro atoms. The predicted octanol–water partition coefficient (Wildman–Crippen LogP) is 9.39. The molecule has 0 atom stereocenters. The fraction of sp³-hybridized carbons (Fsp3) is 0.0857. The summed E-state index contributed by atoms with van der Waals surface area (Å²) in [7, 11) is 1.00. The Labute approximate surface area is 303 Å². The summed E-state index contributed by atoms with van der Waals surface area (Å²) in [5.41, 5.74) is 3.32. The summed E-state index contributed by atoms with van der Waals surface area (Å²) in [6.45, 7) is 2.06. The molecule has 246 valence electrons. The minimum absolute atomic E-state index is 0.0298. The molecule has 0 aliphatic heterocycles. The number of hydrogen-bond acceptors (Lipinski definition) is 6. The van der Waals surface area contributed by atoms with Gasteiger partial charge in [0.2, 0.25) is 0 Å². The molecule has 0 amide bonds. The average Bonchev–Trinajstić information content (AvgIpc) is 3.74. The van der Waals surface area contributed by atoms with Crippen LogP contribution in [0.4, 0.5) is 0 Å². The molecule has 6 rings (SSSR count). The number of nitrogens with zero attached hydrogens (tertiary/aromatic N) is 4. The Hall–Kier alpha value is -4.26. The highest BCUT2D eigenvalue weighted by Gasteiger charge is 2.20. The Kier molecular flexibility index (Phi) is 13.1. The number of aromatic nitrogens is 4. The number of carbonyl (C=O) groups excluding carboxylic acids is 1. The quantitative estimate of drug-likeness (QED) is 0.154. The summed E-state index contributed by atoms with van der Waals surface area (Å²) < 4.78 is 10.5. The summed E-state index contributed by atoms with van der Waals surface area (Å²) in [6.07, 6.45) is 3.16. The molecule has 6 aromatic rings. The SMILES string of the molecule is CCOC(=O)c1cn(-c2ccc(Br)cc2)c(-c2ccccc2Cl)n1.CO.O=C(O)c1cn(-c2ccc(Br)cc2)c(-c2ccccc2Cl)n1. The maximum absolute atomic E-state index is 12.1. The lowest BCUT2D eigenvalue weighted by molar-refractivity contribution is 0.0519. The Morgan fingerprint density at radius 3 is 1.48 bits per heavy atom. The smallest absolute Gasteiger partial charge is 0.358 e. The summed E-state index contributed by atoms with van der Waals surface area (Å²) in [4.78, 5) is 32.0. The Morgan fingerprint density at radius 2 is 1.08 bits per heavy atom. The standard InChI is InChI=1S/C18H14BrClN2O2.C16H10BrClN2O2.CH4O/c1-2-24-18(23)16-11-22(13-9-7-12(19)8-10-13)17(21-16)14-5-3-4-6-15(14)20;17-10-5-7-11(8-6-10)20-9-14(16(21)22)19-15(20)12-3-1-2-4-13(12)18;1-2/h3-11H,2H2,1H3;1-9H,(H,21,22);2H,1H3. The lowest BCUT2D eigenvalue weighted by atomic mass is 10.2. The Morgan fingerprint density at radius 1 is 0.688 bits per heavy atom. The second-order valence-corrected chi connectivity index (χ2v) is 12.2. The molecular weight excluding hydrogens is 787 g/mol. The third kappa shape index (κ3) is 8.80. The highest BCUT2D eigenvalue weighted by atomic mass is 79.9. The normalized spacial score (nSPS) is 10.3. The van der Waals surface area contributed by atoms with Crippen molar-refractivity contribution in [1.29, 1.82) is 0 Å². The van der Waals surface area contributed by atoms with Crippen LogP contribution >= 0.6 is 55.1 Å². The van der Waals surface area contributed by atoms with Crippen molar-refractivity contribution >= 4 is 67.0 Å². The van der Waals surface area contributed by atoms with Crippen molar-refractivity contribution in [3.63, 3.8) is 0 Å². The minimum atomic E-state index is -1.08. The minimum Gasteiger partial charge on any atom is -0.476 e. The number of imidazole rings is 2. The van der Waals surface area contributed by atoms with Crippen LogP contribution < -0.4 is 0 Å². The van der Waals surface area contributed by atoms with E-state index in [0.717, 1.165) is 33.0 Å². The summed E-state index contributed by atoms with van der Waals surface area (Å²) in [6, 6.07) is 29.8. The van der Waals surface area contributed by atoms with E-state index in [1.807, 2.05) is 89.5 Å². The average molecular weight is 815 g/mol. The highest BCUT2D eigenvalue weighted by Crippen LogP contribution is 2.31. The topological polar surface area (TPSA) is 119 Å². The van der Waals surface area contributed by atoms with Gasteiger partial charge in [0.15, 0.2) is 11.4 Å². The number of esters is 1. The first-order valence-electron chi connectivity index (χ1n) is 14.2. The molecule has 2 N–H and O–H groups in total. The van der Waals surface area contributed by atoms with Crippen molar-refractivity contribution in [2.75, 3.05) is 13.7 Å². The first kappa shape index (κ1) is 36.6. The molecule has 0 aliphatic rings. The molecule has 48 heavy (non-hydrogen) atoms. The molecular formula is C35H28Br2Cl2N4O5. The number of rotatable bonds is 7. The molecule has 0 radical (unpaired) electrons. The van der Waals surface area contributed by atoms with Crippen molar-refractivity contribution in [3.05, 3.63) is 140 Å². The number of carboxylic acids is 1. The van der Waals surface area contributed by atoms with E-state index in [9.17, 15) is 14.7 Å². The summed E-state index contributed by atoms with van der Waals surface area (Å²) >= 11 is 19.3. The number of aliphatic hydroxyl groups is 1. The molecule has 0 unspecified atom stereocenters. The molecule has 2 aromatic heterocycles. The van der Waals surface area contributed by atoms with Crippen LogP contribution in [0.1, 0.15) is 27.9 Å². The van der Waals surface area contributed by atoms with Gasteiger partial charge in [0.25, 0.3) is 0 Å². The number of halogens is 4. The maximum atomic E-state index is 12.1. The molecule has 0 saturated carbocycles. The molecule has 2 heterocycles. The maximum Gasteiger partial charge on any atom is 0.358 e. The third-order valence-electron chi connectivity index (χ3n) is 6.55. The van der Waals surface area contributed by atoms with E-state index in [2.05, 4.69) is 41.8 Å². The lowest BCUT2D eigenvalue weighted by Gasteiger charge is -2.09. The van der Waals surface area contributed by atoms with Crippen LogP contribution in [0.15, 0.2) is 118 Å². The Bertz CT molecular complexity index is 2010. The zero-order valence-electron chi connectivity index (χ0n) is 25.5. The second kappa shape index (κ2) is 17.2. The van der Waals surface area contributed by atoms with Crippen LogP contribution in [-0.2, 0) is 4.74 Å². The second-order valence-electron chi connectivity index (χ2n) is 9.58. The van der Waals surface area contributed by atoms with Crippen molar-refractivity contribution < 1.29 is 24.5 Å². The van der Waals surface area contributed by atoms with Crippen LogP contribution in [0.2, 0.25) is 10.0 Å². The molecule has 0 fully saturated rings. The van der Waals surface area contributed by atoms with E-state index in [1.165, 1.54) is 6.20 Å². The van der Waals surface area contributed by atoms with Gasteiger partial charge >= 0.3 is 11.9 Å². The van der Waals surface area contributed by atoms with E-state index < -0.39 is 11.9 Å². The van der Waals surface area contributed by atoms with Crippen molar-refractivity contribution in [2.45, 2.75) is 6.92 Å². The van der Waals surface area contributed by atoms with Gasteiger partial charge in [-0.15, -0.1) is 0 Å². The van der Waals surface area contributed by atoms with E-state index in [-0.39, 0.29) is 11.4 Å². The van der Waals surface area contributed by atoms with Gasteiger partial charge in [-0.3, -0.25) is 9.13 Å². The zero-order chi connectivity index (χ0) is 34.8. The third-order valence-corrected chi connectivity index (χ3v) is 8.27. The van der Waals surface area contributed by atoms with Crippen molar-refractivity contribution in [1.82, 2.24) is 19.1 Å². The Balaban J connectivity index is 0.000000207. The number of hydrogen-bond donors (Lipinski definition) is 2. The van der Waals surface area contributed by atoms with Crippen molar-refractivity contribution in [2.24, 2.45) is 0 Å². The summed E-state index contributed by atoms with van der Waals surface area (Å²) in [5, 5.41) is 17.3. The van der Waals surface area contributed by atoms with Gasteiger partial charge in [0.1, 0.15) is 11.6 Å². The van der Waals surface area contributed by atoms with Gasteiger partial charge < -0.3 is 14.9 Å². The number of carboxylic acid groups (broad SMARTS) is 1. The van der Waals surface area contributed by atoms with Crippen LogP contribution in [0.3, 0.4) is 0 Å². The molecule has 0 aliphatic carbocycles. The van der Waals surface area contributed by atoms with E-state index in [0.29, 0.717) is 33.9 Å². The van der Waals surface area contributed by atoms with Gasteiger partial charge in [-0.05, 0) is 79.7 Å². The van der Waals surface area contributed by atoms with Crippen molar-refractivity contribution in [3.8, 4) is 34.2 Å². The van der Waals surface area contributed by atoms with Crippen LogP contribution in [0.25, 0.3) is 34.2 Å². The lowest BCUT2D eigenvalue weighted by Crippen LogP contribution is -2.04. The van der Waals surface area contributed by atoms with E-state index >= 15 is 0 Å². The molecule has 13 heteroatoms. The first-order valence-corrected chi connectivity index (χ1v) is 16.6. The fourth-order valence-electron chi connectivity index (χ4n) is 4.43. The molecule has 4 aromatic carbocycles. The number of benzene rings is 4. The predicted molar refractivity (Wildman–Crippen MR) is 194 cm³/mol. The molecule has 0 bridgehead atoms. The van der Waals surface area contributed by atoms with Gasteiger partial charge in [-0.2, -0.15) is 0 Å². The monoisotopic (exact) mass is 812 g/mol. The van der Waals surface area contributed by atoms with Crippen LogP contribution in [-0.4, -0.2) is 55.0 Å². The van der Waals surface area contributed by atoms with E-state index in [1.54, 1.807) is 29.8 Å². The number of aliphatic hydroxyl groups excluding tert-OH is 1. The molecule has 0 saturated heterocycles. The van der Waals surface area contributed by atoms with Gasteiger partial charge in [-0.25, -0.2) is 19.6 Å². The summed E-state index contributed by atoms with van der Waals surface area (Å²) in [5.74, 6) is -0.456. The highest BCUT2D eigenvalue weighted by molar-refractivity contribution is 9.10. The number of carbonyl (C=O) groups is 2. The fourth-order valence-corrected chi connectivity index (χ4v) is 5.40. The van der Waals surface area contributed by atoms with Gasteiger partial charge in [-0.1, -0.05) is 79.3 Å². The largest absolute Gasteiger partial charge is 0.476 e. The van der Waals surface area contributed by atoms with Gasteiger partial charge in [0, 0.05) is 51.0 Å².